The summed E-state index contributed by atoms with van der Waals surface area (Å²) in [7, 11) is 0. The topological polar surface area (TPSA) is 24.1 Å². The molecule has 1 aliphatic rings. The number of hydrogen-bond acceptors (Lipinski definition) is 2. The third kappa shape index (κ3) is 3.76. The van der Waals surface area contributed by atoms with E-state index in [-0.39, 0.29) is 0 Å². The van der Waals surface area contributed by atoms with E-state index < -0.39 is 0 Å². The van der Waals surface area contributed by atoms with E-state index in [0.717, 1.165) is 19.0 Å². The lowest BCUT2D eigenvalue weighted by Gasteiger charge is -2.32. The molecule has 1 fully saturated rings. The van der Waals surface area contributed by atoms with Gasteiger partial charge in [-0.3, -0.25) is 0 Å². The molecule has 0 spiro atoms. The van der Waals surface area contributed by atoms with Crippen molar-refractivity contribution >= 4 is 0 Å². The quantitative estimate of drug-likeness (QED) is 0.730. The Labute approximate surface area is 95.2 Å². The molecule has 1 atom stereocenters. The lowest BCUT2D eigenvalue weighted by atomic mass is 9.80. The molecular formula is C13H28N2. The van der Waals surface area contributed by atoms with Crippen molar-refractivity contribution in [1.29, 1.82) is 0 Å². The average molecular weight is 212 g/mol. The Morgan fingerprint density at radius 3 is 2.53 bits per heavy atom. The molecule has 1 unspecified atom stereocenters. The summed E-state index contributed by atoms with van der Waals surface area (Å²) in [5.41, 5.74) is 0.884. The van der Waals surface area contributed by atoms with E-state index >= 15 is 0 Å². The lowest BCUT2D eigenvalue weighted by Crippen LogP contribution is -2.40. The molecule has 0 saturated carbocycles. The molecule has 90 valence electrons. The van der Waals surface area contributed by atoms with Crippen LogP contribution in [0.5, 0.6) is 0 Å². The molecule has 2 N–H and O–H groups in total. The second-order valence-electron chi connectivity index (χ2n) is 6.48. The van der Waals surface area contributed by atoms with Gasteiger partial charge in [0.1, 0.15) is 0 Å². The van der Waals surface area contributed by atoms with Crippen molar-refractivity contribution in [3.8, 4) is 0 Å². The second kappa shape index (κ2) is 4.84. The van der Waals surface area contributed by atoms with Gasteiger partial charge in [0.2, 0.25) is 0 Å². The zero-order valence-electron chi connectivity index (χ0n) is 11.1. The monoisotopic (exact) mass is 212 g/mol. The highest BCUT2D eigenvalue weighted by molar-refractivity contribution is 4.86. The van der Waals surface area contributed by atoms with Crippen LogP contribution in [0, 0.1) is 16.7 Å². The Hall–Kier alpha value is -0.0800. The smallest absolute Gasteiger partial charge is 0.00180 e. The predicted molar refractivity (Wildman–Crippen MR) is 67.1 cm³/mol. The lowest BCUT2D eigenvalue weighted by molar-refractivity contribution is 0.221. The molecule has 1 saturated heterocycles. The molecular weight excluding hydrogens is 184 g/mol. The summed E-state index contributed by atoms with van der Waals surface area (Å²) in [6.07, 6.45) is 1.31. The summed E-state index contributed by atoms with van der Waals surface area (Å²) in [6, 6.07) is 0. The predicted octanol–water partition coefficient (Wildman–Crippen LogP) is 2.26. The largest absolute Gasteiger partial charge is 0.316 e. The molecule has 1 rings (SSSR count). The van der Waals surface area contributed by atoms with E-state index in [2.05, 4.69) is 45.3 Å². The van der Waals surface area contributed by atoms with Gasteiger partial charge in [-0.2, -0.15) is 0 Å². The second-order valence-corrected chi connectivity index (χ2v) is 6.48. The van der Waals surface area contributed by atoms with Crippen LogP contribution in [0.3, 0.4) is 0 Å². The first kappa shape index (κ1) is 13.0. The summed E-state index contributed by atoms with van der Waals surface area (Å²) in [6.45, 7) is 16.3. The van der Waals surface area contributed by atoms with E-state index in [4.69, 9.17) is 0 Å². The number of rotatable bonds is 5. The van der Waals surface area contributed by atoms with Gasteiger partial charge in [-0.25, -0.2) is 0 Å². The molecule has 1 aliphatic heterocycles. The highest BCUT2D eigenvalue weighted by Crippen LogP contribution is 2.26. The van der Waals surface area contributed by atoms with E-state index in [1.165, 1.54) is 19.5 Å². The first-order chi connectivity index (χ1) is 6.86. The van der Waals surface area contributed by atoms with E-state index in [0.29, 0.717) is 10.8 Å². The van der Waals surface area contributed by atoms with Crippen LogP contribution in [0.15, 0.2) is 0 Å². The molecule has 0 aliphatic carbocycles. The molecule has 0 radical (unpaired) electrons. The summed E-state index contributed by atoms with van der Waals surface area (Å²) < 4.78 is 0. The van der Waals surface area contributed by atoms with Crippen LogP contribution in [-0.2, 0) is 0 Å². The Balaban J connectivity index is 2.26. The minimum Gasteiger partial charge on any atom is -0.316 e. The highest BCUT2D eigenvalue weighted by atomic mass is 15.0. The van der Waals surface area contributed by atoms with Crippen LogP contribution in [0.4, 0.5) is 0 Å². The first-order valence-electron chi connectivity index (χ1n) is 6.27. The van der Waals surface area contributed by atoms with Crippen LogP contribution in [0.25, 0.3) is 0 Å². The van der Waals surface area contributed by atoms with E-state index in [1.807, 2.05) is 0 Å². The minimum absolute atomic E-state index is 0.405. The molecule has 0 aromatic rings. The van der Waals surface area contributed by atoms with Gasteiger partial charge in [0.15, 0.2) is 0 Å². The molecule has 1 heterocycles. The number of hydrogen-bond donors (Lipinski definition) is 2. The third-order valence-electron chi connectivity index (χ3n) is 4.15. The summed E-state index contributed by atoms with van der Waals surface area (Å²) in [4.78, 5) is 0. The Bertz CT molecular complexity index is 186. The molecule has 0 bridgehead atoms. The number of nitrogens with one attached hydrogen (secondary N) is 2. The molecule has 0 amide bonds. The van der Waals surface area contributed by atoms with Crippen LogP contribution in [0.2, 0.25) is 0 Å². The average Bonchev–Trinajstić information content (AvgIpc) is 2.51. The molecule has 0 aromatic carbocycles. The fourth-order valence-electron chi connectivity index (χ4n) is 1.91. The van der Waals surface area contributed by atoms with Gasteiger partial charge >= 0.3 is 0 Å². The molecule has 0 aromatic heterocycles. The summed E-state index contributed by atoms with van der Waals surface area (Å²) in [5, 5.41) is 7.09. The van der Waals surface area contributed by atoms with Crippen LogP contribution < -0.4 is 10.6 Å². The van der Waals surface area contributed by atoms with E-state index in [9.17, 15) is 0 Å². The van der Waals surface area contributed by atoms with Crippen molar-refractivity contribution in [2.75, 3.05) is 26.2 Å². The maximum absolute atomic E-state index is 3.65. The first-order valence-corrected chi connectivity index (χ1v) is 6.27. The van der Waals surface area contributed by atoms with Crippen molar-refractivity contribution in [3.63, 3.8) is 0 Å². The Morgan fingerprint density at radius 1 is 1.40 bits per heavy atom. The van der Waals surface area contributed by atoms with Crippen LogP contribution in [-0.4, -0.2) is 26.2 Å². The molecule has 2 heteroatoms. The zero-order chi connectivity index (χ0) is 11.5. The third-order valence-corrected chi connectivity index (χ3v) is 4.15. The van der Waals surface area contributed by atoms with Crippen molar-refractivity contribution in [2.24, 2.45) is 16.7 Å². The SMILES string of the molecule is CC(C)C(C)(C)CNCC1(C)CCNC1. The maximum atomic E-state index is 3.65. The fourth-order valence-corrected chi connectivity index (χ4v) is 1.91. The Kier molecular flexibility index (Phi) is 4.19. The Morgan fingerprint density at radius 2 is 2.07 bits per heavy atom. The van der Waals surface area contributed by atoms with Crippen LogP contribution >= 0.6 is 0 Å². The van der Waals surface area contributed by atoms with Gasteiger partial charge in [-0.1, -0.05) is 34.6 Å². The standard InChI is InChI=1S/C13H28N2/c1-11(2)12(3,4)8-15-10-13(5)6-7-14-9-13/h11,14-15H,6-10H2,1-5H3. The fraction of sp³-hybridized carbons (Fsp3) is 1.00. The van der Waals surface area contributed by atoms with Crippen molar-refractivity contribution in [2.45, 2.75) is 41.0 Å². The van der Waals surface area contributed by atoms with Gasteiger partial charge in [0.05, 0.1) is 0 Å². The van der Waals surface area contributed by atoms with E-state index in [1.54, 1.807) is 0 Å². The van der Waals surface area contributed by atoms with Crippen molar-refractivity contribution in [1.82, 2.24) is 10.6 Å². The summed E-state index contributed by atoms with van der Waals surface area (Å²) in [5.74, 6) is 0.736. The summed E-state index contributed by atoms with van der Waals surface area (Å²) >= 11 is 0. The molecule has 15 heavy (non-hydrogen) atoms. The van der Waals surface area contributed by atoms with Gasteiger partial charge in [0.25, 0.3) is 0 Å². The van der Waals surface area contributed by atoms with Gasteiger partial charge in [-0.15, -0.1) is 0 Å². The molecule has 2 nitrogen and oxygen atoms in total. The normalized spacial score (nSPS) is 27.6. The maximum Gasteiger partial charge on any atom is 0.00180 e. The zero-order valence-corrected chi connectivity index (χ0v) is 11.1. The van der Waals surface area contributed by atoms with Crippen LogP contribution in [0.1, 0.15) is 41.0 Å². The van der Waals surface area contributed by atoms with Gasteiger partial charge in [-0.05, 0) is 29.7 Å². The minimum atomic E-state index is 0.405. The van der Waals surface area contributed by atoms with Crippen molar-refractivity contribution in [3.05, 3.63) is 0 Å². The van der Waals surface area contributed by atoms with Gasteiger partial charge < -0.3 is 10.6 Å². The van der Waals surface area contributed by atoms with Gasteiger partial charge in [0, 0.05) is 19.6 Å². The highest BCUT2D eigenvalue weighted by Gasteiger charge is 2.29. The van der Waals surface area contributed by atoms with Crippen molar-refractivity contribution < 1.29 is 0 Å².